The average Bonchev–Trinajstić information content (AvgIpc) is 2.48. The minimum atomic E-state index is 0.172. The lowest BCUT2D eigenvalue weighted by atomic mass is 10.2. The zero-order valence-electron chi connectivity index (χ0n) is 8.12. The molecule has 1 rings (SSSR count). The molecular formula is C9H16N2OS. The van der Waals surface area contributed by atoms with Crippen molar-refractivity contribution in [3.8, 4) is 0 Å². The van der Waals surface area contributed by atoms with Gasteiger partial charge in [-0.1, -0.05) is 0 Å². The van der Waals surface area contributed by atoms with E-state index >= 15 is 0 Å². The summed E-state index contributed by atoms with van der Waals surface area (Å²) in [6.45, 7) is 2.73. The molecule has 0 bridgehead atoms. The summed E-state index contributed by atoms with van der Waals surface area (Å²) in [7, 11) is 1.69. The number of ether oxygens (including phenoxy) is 1. The second-order valence-corrected chi connectivity index (χ2v) is 4.07. The number of aryl methyl sites for hydroxylation is 1. The predicted octanol–water partition coefficient (Wildman–Crippen LogP) is 1.36. The molecule has 0 aliphatic rings. The van der Waals surface area contributed by atoms with Gasteiger partial charge in [0.15, 0.2) is 0 Å². The Morgan fingerprint density at radius 3 is 3.00 bits per heavy atom. The van der Waals surface area contributed by atoms with Crippen molar-refractivity contribution in [2.45, 2.75) is 25.8 Å². The van der Waals surface area contributed by atoms with E-state index in [1.54, 1.807) is 18.4 Å². The molecule has 0 amide bonds. The summed E-state index contributed by atoms with van der Waals surface area (Å²) in [5.41, 5.74) is 6.97. The van der Waals surface area contributed by atoms with E-state index in [2.05, 4.69) is 10.4 Å². The molecule has 74 valence electrons. The van der Waals surface area contributed by atoms with Crippen LogP contribution in [0.15, 0.2) is 5.38 Å². The molecule has 0 aliphatic carbocycles. The molecule has 0 aromatic carbocycles. The van der Waals surface area contributed by atoms with Gasteiger partial charge in [-0.25, -0.2) is 4.98 Å². The van der Waals surface area contributed by atoms with Crippen LogP contribution < -0.4 is 5.73 Å². The van der Waals surface area contributed by atoms with Crippen LogP contribution in [0, 0.1) is 6.92 Å². The fourth-order valence-corrected chi connectivity index (χ4v) is 1.96. The lowest BCUT2D eigenvalue weighted by Gasteiger charge is -2.07. The van der Waals surface area contributed by atoms with Crippen molar-refractivity contribution in [2.24, 2.45) is 5.73 Å². The molecule has 0 aliphatic heterocycles. The monoisotopic (exact) mass is 200 g/mol. The molecule has 1 heterocycles. The third-order valence-corrected chi connectivity index (χ3v) is 2.79. The van der Waals surface area contributed by atoms with E-state index in [4.69, 9.17) is 10.5 Å². The Labute approximate surface area is 82.9 Å². The van der Waals surface area contributed by atoms with E-state index in [-0.39, 0.29) is 6.04 Å². The van der Waals surface area contributed by atoms with Gasteiger partial charge in [0, 0.05) is 37.3 Å². The van der Waals surface area contributed by atoms with Gasteiger partial charge in [0.1, 0.15) is 0 Å². The summed E-state index contributed by atoms with van der Waals surface area (Å²) in [5, 5.41) is 3.18. The molecule has 4 heteroatoms. The van der Waals surface area contributed by atoms with Gasteiger partial charge in [-0.3, -0.25) is 0 Å². The number of rotatable bonds is 5. The normalized spacial score (nSPS) is 13.2. The molecule has 3 nitrogen and oxygen atoms in total. The third kappa shape index (κ3) is 3.85. The van der Waals surface area contributed by atoms with Crippen LogP contribution in [0.3, 0.4) is 0 Å². The van der Waals surface area contributed by atoms with Gasteiger partial charge >= 0.3 is 0 Å². The van der Waals surface area contributed by atoms with Gasteiger partial charge in [-0.15, -0.1) is 11.3 Å². The second kappa shape index (κ2) is 5.32. The van der Waals surface area contributed by atoms with E-state index in [0.29, 0.717) is 0 Å². The first-order chi connectivity index (χ1) is 6.22. The molecular weight excluding hydrogens is 184 g/mol. The Morgan fingerprint density at radius 1 is 1.69 bits per heavy atom. The SMILES string of the molecule is COCCC(N)Cc1nc(C)cs1. The first kappa shape index (κ1) is 10.6. The standard InChI is InChI=1S/C9H16N2OS/c1-7-6-13-9(11-7)5-8(10)3-4-12-2/h6,8H,3-5,10H2,1-2H3. The summed E-state index contributed by atoms with van der Waals surface area (Å²) in [6.07, 6.45) is 1.76. The highest BCUT2D eigenvalue weighted by molar-refractivity contribution is 7.09. The number of thiazole rings is 1. The van der Waals surface area contributed by atoms with E-state index < -0.39 is 0 Å². The first-order valence-corrected chi connectivity index (χ1v) is 5.26. The maximum absolute atomic E-state index is 5.89. The molecule has 0 saturated heterocycles. The molecule has 1 atom stereocenters. The zero-order valence-corrected chi connectivity index (χ0v) is 8.93. The molecule has 0 saturated carbocycles. The Bertz CT molecular complexity index is 250. The number of hydrogen-bond acceptors (Lipinski definition) is 4. The lowest BCUT2D eigenvalue weighted by molar-refractivity contribution is 0.188. The maximum Gasteiger partial charge on any atom is 0.0943 e. The van der Waals surface area contributed by atoms with E-state index in [1.807, 2.05) is 6.92 Å². The lowest BCUT2D eigenvalue weighted by Crippen LogP contribution is -2.24. The van der Waals surface area contributed by atoms with Crippen molar-refractivity contribution < 1.29 is 4.74 Å². The molecule has 0 spiro atoms. The van der Waals surface area contributed by atoms with E-state index in [0.717, 1.165) is 30.2 Å². The predicted molar refractivity (Wildman–Crippen MR) is 55.0 cm³/mol. The van der Waals surface area contributed by atoms with Crippen LogP contribution in [0.25, 0.3) is 0 Å². The minimum absolute atomic E-state index is 0.172. The molecule has 1 aromatic heterocycles. The first-order valence-electron chi connectivity index (χ1n) is 4.38. The number of nitrogens with two attached hydrogens (primary N) is 1. The van der Waals surface area contributed by atoms with Crippen LogP contribution in [0.2, 0.25) is 0 Å². The van der Waals surface area contributed by atoms with Gasteiger partial charge in [0.25, 0.3) is 0 Å². The quantitative estimate of drug-likeness (QED) is 0.780. The molecule has 13 heavy (non-hydrogen) atoms. The van der Waals surface area contributed by atoms with Gasteiger partial charge in [-0.2, -0.15) is 0 Å². The summed E-state index contributed by atoms with van der Waals surface area (Å²) in [4.78, 5) is 4.36. The van der Waals surface area contributed by atoms with Crippen molar-refractivity contribution in [1.82, 2.24) is 4.98 Å². The Hall–Kier alpha value is -0.450. The van der Waals surface area contributed by atoms with Crippen LogP contribution in [-0.2, 0) is 11.2 Å². The highest BCUT2D eigenvalue weighted by atomic mass is 32.1. The summed E-state index contributed by atoms with van der Waals surface area (Å²) < 4.78 is 4.96. The van der Waals surface area contributed by atoms with E-state index in [1.165, 1.54) is 0 Å². The molecule has 1 unspecified atom stereocenters. The van der Waals surface area contributed by atoms with Crippen LogP contribution in [0.1, 0.15) is 17.1 Å². The number of nitrogens with zero attached hydrogens (tertiary/aromatic N) is 1. The second-order valence-electron chi connectivity index (χ2n) is 3.13. The molecule has 2 N–H and O–H groups in total. The Kier molecular flexibility index (Phi) is 4.35. The van der Waals surface area contributed by atoms with Crippen molar-refractivity contribution in [1.29, 1.82) is 0 Å². The number of aromatic nitrogens is 1. The van der Waals surface area contributed by atoms with Crippen LogP contribution >= 0.6 is 11.3 Å². The van der Waals surface area contributed by atoms with Crippen molar-refractivity contribution in [2.75, 3.05) is 13.7 Å². The fourth-order valence-electron chi connectivity index (χ4n) is 1.09. The van der Waals surface area contributed by atoms with Crippen LogP contribution in [-0.4, -0.2) is 24.7 Å². The maximum atomic E-state index is 5.89. The summed E-state index contributed by atoms with van der Waals surface area (Å²) in [5.74, 6) is 0. The molecule has 0 radical (unpaired) electrons. The molecule has 1 aromatic rings. The van der Waals surface area contributed by atoms with Crippen molar-refractivity contribution in [3.05, 3.63) is 16.1 Å². The Balaban J connectivity index is 2.31. The highest BCUT2D eigenvalue weighted by Gasteiger charge is 2.06. The summed E-state index contributed by atoms with van der Waals surface area (Å²) >= 11 is 1.68. The van der Waals surface area contributed by atoms with Gasteiger partial charge < -0.3 is 10.5 Å². The van der Waals surface area contributed by atoms with Crippen molar-refractivity contribution >= 4 is 11.3 Å². The van der Waals surface area contributed by atoms with Gasteiger partial charge in [-0.05, 0) is 13.3 Å². The third-order valence-electron chi connectivity index (χ3n) is 1.80. The Morgan fingerprint density at radius 2 is 2.46 bits per heavy atom. The zero-order chi connectivity index (χ0) is 9.68. The largest absolute Gasteiger partial charge is 0.385 e. The van der Waals surface area contributed by atoms with Crippen LogP contribution in [0.5, 0.6) is 0 Å². The smallest absolute Gasteiger partial charge is 0.0943 e. The number of methoxy groups -OCH3 is 1. The topological polar surface area (TPSA) is 48.1 Å². The van der Waals surface area contributed by atoms with E-state index in [9.17, 15) is 0 Å². The van der Waals surface area contributed by atoms with Crippen molar-refractivity contribution in [3.63, 3.8) is 0 Å². The highest BCUT2D eigenvalue weighted by Crippen LogP contribution is 2.11. The van der Waals surface area contributed by atoms with Gasteiger partial charge in [0.05, 0.1) is 5.01 Å². The average molecular weight is 200 g/mol. The molecule has 0 fully saturated rings. The fraction of sp³-hybridized carbons (Fsp3) is 0.667. The van der Waals surface area contributed by atoms with Crippen LogP contribution in [0.4, 0.5) is 0 Å². The van der Waals surface area contributed by atoms with Gasteiger partial charge in [0.2, 0.25) is 0 Å². The summed E-state index contributed by atoms with van der Waals surface area (Å²) in [6, 6.07) is 0.172. The minimum Gasteiger partial charge on any atom is -0.385 e. The number of hydrogen-bond donors (Lipinski definition) is 1.